The van der Waals surface area contributed by atoms with Crippen LogP contribution >= 0.6 is 0 Å². The summed E-state index contributed by atoms with van der Waals surface area (Å²) in [6.45, 7) is 3.43. The first-order valence-electron chi connectivity index (χ1n) is 10.0. The summed E-state index contributed by atoms with van der Waals surface area (Å²) in [5, 5.41) is 8.95. The van der Waals surface area contributed by atoms with Gasteiger partial charge in [-0.3, -0.25) is 0 Å². The number of nitrogens with zero attached hydrogens (tertiary/aromatic N) is 4. The Bertz CT molecular complexity index is 1100. The molecule has 7 nitrogen and oxygen atoms in total. The van der Waals surface area contributed by atoms with Gasteiger partial charge in [0.05, 0.1) is 4.90 Å². The number of sulfonamides is 1. The second-order valence-corrected chi connectivity index (χ2v) is 9.68. The molecule has 2 aliphatic heterocycles. The summed E-state index contributed by atoms with van der Waals surface area (Å²) in [5.41, 5.74) is 0.999. The molecular weight excluding hydrogens is 376 g/mol. The van der Waals surface area contributed by atoms with Gasteiger partial charge in [-0.15, -0.1) is 5.10 Å². The average Bonchev–Trinajstić information content (AvgIpc) is 3.23. The van der Waals surface area contributed by atoms with Gasteiger partial charge in [0.2, 0.25) is 10.0 Å². The zero-order valence-electron chi connectivity index (χ0n) is 15.7. The van der Waals surface area contributed by atoms with Crippen molar-refractivity contribution in [3.63, 3.8) is 0 Å². The molecule has 0 aliphatic carbocycles. The zero-order valence-corrected chi connectivity index (χ0v) is 16.6. The minimum Gasteiger partial charge on any atom is -0.336 e. The van der Waals surface area contributed by atoms with Crippen LogP contribution in [0.15, 0.2) is 39.8 Å². The molecule has 28 heavy (non-hydrogen) atoms. The molecule has 0 amide bonds. The van der Waals surface area contributed by atoms with Crippen LogP contribution < -0.4 is 0 Å². The van der Waals surface area contributed by atoms with Gasteiger partial charge in [0.1, 0.15) is 5.52 Å². The SMILES string of the molecule is O=S(=O)(c1cc2nnoc2c2ccccc12)N1CCC(N2CCCCC2)CC1. The highest BCUT2D eigenvalue weighted by atomic mass is 32.2. The highest BCUT2D eigenvalue weighted by Gasteiger charge is 2.33. The Kier molecular flexibility index (Phi) is 4.57. The van der Waals surface area contributed by atoms with Crippen LogP contribution in [0.1, 0.15) is 32.1 Å². The number of fused-ring (bicyclic) bond motifs is 3. The summed E-state index contributed by atoms with van der Waals surface area (Å²) in [4.78, 5) is 2.85. The Labute approximate surface area is 164 Å². The first kappa shape index (κ1) is 18.0. The standard InChI is InChI=1S/C20H24N4O3S/c25-28(26,24-12-8-15(9-13-24)23-10-4-1-5-11-23)19-14-18-20(27-22-21-18)17-7-3-2-6-16(17)19/h2-3,6-7,14-15H,1,4-5,8-13H2. The molecule has 2 aliphatic rings. The van der Waals surface area contributed by atoms with Crippen molar-refractivity contribution in [3.8, 4) is 0 Å². The lowest BCUT2D eigenvalue weighted by Crippen LogP contribution is -2.48. The molecule has 1 aromatic heterocycles. The molecule has 0 saturated carbocycles. The zero-order chi connectivity index (χ0) is 19.1. The van der Waals surface area contributed by atoms with E-state index in [1.54, 1.807) is 10.4 Å². The third-order valence-corrected chi connectivity index (χ3v) is 8.11. The van der Waals surface area contributed by atoms with Crippen molar-refractivity contribution >= 4 is 31.9 Å². The lowest BCUT2D eigenvalue weighted by Gasteiger charge is -2.39. The predicted molar refractivity (Wildman–Crippen MR) is 107 cm³/mol. The van der Waals surface area contributed by atoms with Crippen LogP contribution in [-0.4, -0.2) is 60.2 Å². The number of likely N-dealkylation sites (tertiary alicyclic amines) is 1. The number of benzene rings is 2. The molecule has 5 rings (SSSR count). The van der Waals surface area contributed by atoms with E-state index >= 15 is 0 Å². The minimum absolute atomic E-state index is 0.294. The highest BCUT2D eigenvalue weighted by molar-refractivity contribution is 7.89. The maximum absolute atomic E-state index is 13.5. The number of hydrogen-bond donors (Lipinski definition) is 0. The van der Waals surface area contributed by atoms with E-state index in [0.717, 1.165) is 31.3 Å². The molecule has 2 fully saturated rings. The molecule has 0 bridgehead atoms. The monoisotopic (exact) mass is 400 g/mol. The van der Waals surface area contributed by atoms with Crippen LogP contribution in [0.25, 0.3) is 21.9 Å². The van der Waals surface area contributed by atoms with Crippen LogP contribution in [0.4, 0.5) is 0 Å². The fourth-order valence-electron chi connectivity index (χ4n) is 4.66. The van der Waals surface area contributed by atoms with Crippen molar-refractivity contribution in [1.82, 2.24) is 19.6 Å². The van der Waals surface area contributed by atoms with Gasteiger partial charge in [-0.1, -0.05) is 30.7 Å². The Morgan fingerprint density at radius 1 is 0.964 bits per heavy atom. The first-order valence-corrected chi connectivity index (χ1v) is 11.5. The van der Waals surface area contributed by atoms with Crippen molar-refractivity contribution in [2.45, 2.75) is 43.0 Å². The van der Waals surface area contributed by atoms with Gasteiger partial charge in [-0.05, 0) is 44.8 Å². The van der Waals surface area contributed by atoms with Crippen molar-refractivity contribution in [2.24, 2.45) is 0 Å². The number of rotatable bonds is 3. The maximum Gasteiger partial charge on any atom is 0.243 e. The maximum atomic E-state index is 13.5. The molecule has 0 radical (unpaired) electrons. The van der Waals surface area contributed by atoms with Crippen LogP contribution in [0, 0.1) is 0 Å². The molecular formula is C20H24N4O3S. The number of hydrogen-bond acceptors (Lipinski definition) is 6. The molecule has 0 atom stereocenters. The van der Waals surface area contributed by atoms with Gasteiger partial charge < -0.3 is 9.42 Å². The highest BCUT2D eigenvalue weighted by Crippen LogP contribution is 2.33. The second kappa shape index (κ2) is 7.09. The first-order chi connectivity index (χ1) is 13.6. The van der Waals surface area contributed by atoms with E-state index < -0.39 is 10.0 Å². The Morgan fingerprint density at radius 3 is 2.43 bits per heavy atom. The van der Waals surface area contributed by atoms with Gasteiger partial charge in [-0.2, -0.15) is 4.31 Å². The Hall–Kier alpha value is -2.03. The lowest BCUT2D eigenvalue weighted by atomic mass is 10.0. The fourth-order valence-corrected chi connectivity index (χ4v) is 6.35. The Morgan fingerprint density at radius 2 is 1.68 bits per heavy atom. The van der Waals surface area contributed by atoms with Gasteiger partial charge in [-0.25, -0.2) is 8.42 Å². The summed E-state index contributed by atoms with van der Waals surface area (Å²) in [6.07, 6.45) is 5.62. The van der Waals surface area contributed by atoms with Crippen molar-refractivity contribution in [1.29, 1.82) is 0 Å². The Balaban J connectivity index is 1.46. The lowest BCUT2D eigenvalue weighted by molar-refractivity contribution is 0.118. The quantitative estimate of drug-likeness (QED) is 0.672. The van der Waals surface area contributed by atoms with Crippen LogP contribution in [0.5, 0.6) is 0 Å². The van der Waals surface area contributed by atoms with Gasteiger partial charge in [0.25, 0.3) is 0 Å². The number of aromatic nitrogens is 2. The van der Waals surface area contributed by atoms with Crippen LogP contribution in [0.2, 0.25) is 0 Å². The molecule has 0 spiro atoms. The molecule has 2 aromatic carbocycles. The molecule has 0 unspecified atom stereocenters. The summed E-state index contributed by atoms with van der Waals surface area (Å²) in [5.74, 6) is 0. The normalized spacial score (nSPS) is 20.9. The van der Waals surface area contributed by atoms with Crippen molar-refractivity contribution < 1.29 is 12.9 Å². The van der Waals surface area contributed by atoms with E-state index in [1.807, 2.05) is 24.3 Å². The van der Waals surface area contributed by atoms with Crippen LogP contribution in [-0.2, 0) is 10.0 Å². The van der Waals surface area contributed by atoms with Crippen molar-refractivity contribution in [3.05, 3.63) is 30.3 Å². The summed E-state index contributed by atoms with van der Waals surface area (Å²) in [6, 6.07) is 9.49. The largest absolute Gasteiger partial charge is 0.336 e. The van der Waals surface area contributed by atoms with Crippen LogP contribution in [0.3, 0.4) is 0 Å². The van der Waals surface area contributed by atoms with E-state index in [1.165, 1.54) is 19.3 Å². The van der Waals surface area contributed by atoms with Gasteiger partial charge in [0.15, 0.2) is 5.58 Å². The van der Waals surface area contributed by atoms with E-state index in [0.29, 0.717) is 40.5 Å². The van der Waals surface area contributed by atoms with Crippen molar-refractivity contribution in [2.75, 3.05) is 26.2 Å². The molecule has 0 N–H and O–H groups in total. The molecule has 2 saturated heterocycles. The topological polar surface area (TPSA) is 79.5 Å². The predicted octanol–water partition coefficient (Wildman–Crippen LogP) is 3.02. The smallest absolute Gasteiger partial charge is 0.243 e. The third kappa shape index (κ3) is 3.00. The average molecular weight is 401 g/mol. The molecule has 148 valence electrons. The fraction of sp³-hybridized carbons (Fsp3) is 0.500. The minimum atomic E-state index is -3.61. The molecule has 8 heteroatoms. The summed E-state index contributed by atoms with van der Waals surface area (Å²) in [7, 11) is -3.61. The van der Waals surface area contributed by atoms with E-state index in [4.69, 9.17) is 4.52 Å². The van der Waals surface area contributed by atoms with E-state index in [2.05, 4.69) is 15.3 Å². The third-order valence-electron chi connectivity index (χ3n) is 6.17. The van der Waals surface area contributed by atoms with E-state index in [-0.39, 0.29) is 0 Å². The second-order valence-electron chi connectivity index (χ2n) is 7.77. The van der Waals surface area contributed by atoms with Gasteiger partial charge in [0, 0.05) is 35.2 Å². The molecule has 3 heterocycles. The summed E-state index contributed by atoms with van der Waals surface area (Å²) < 4.78 is 33.9. The number of piperidine rings is 2. The van der Waals surface area contributed by atoms with E-state index in [9.17, 15) is 8.42 Å². The van der Waals surface area contributed by atoms with Gasteiger partial charge >= 0.3 is 0 Å². The summed E-state index contributed by atoms with van der Waals surface area (Å²) >= 11 is 0. The molecule has 3 aromatic rings.